The molecule has 0 fully saturated rings. The summed E-state index contributed by atoms with van der Waals surface area (Å²) in [5.41, 5.74) is 3.72. The van der Waals surface area contributed by atoms with Crippen molar-refractivity contribution in [2.24, 2.45) is 0 Å². The number of methoxy groups -OCH3 is 1. The zero-order valence-corrected chi connectivity index (χ0v) is 14.2. The molecule has 5 nitrogen and oxygen atoms in total. The Morgan fingerprint density at radius 3 is 2.74 bits per heavy atom. The molecule has 1 heterocycles. The minimum Gasteiger partial charge on any atom is -0.497 e. The molecule has 0 saturated carbocycles. The molecule has 3 aromatic rings. The Balaban J connectivity index is 1.89. The first-order valence-corrected chi connectivity index (χ1v) is 8.57. The lowest BCUT2D eigenvalue weighted by Gasteiger charge is -2.16. The minimum atomic E-state index is -1.24. The van der Waals surface area contributed by atoms with Gasteiger partial charge >= 0.3 is 0 Å². The fourth-order valence-corrected chi connectivity index (χ4v) is 3.57. The zero-order chi connectivity index (χ0) is 16.4. The van der Waals surface area contributed by atoms with Gasteiger partial charge in [0.15, 0.2) is 5.16 Å². The second-order valence-electron chi connectivity index (χ2n) is 5.44. The third kappa shape index (κ3) is 3.22. The highest BCUT2D eigenvalue weighted by Crippen LogP contribution is 2.23. The van der Waals surface area contributed by atoms with Crippen LogP contribution >= 0.6 is 0 Å². The Labute approximate surface area is 137 Å². The number of nitrogens with one attached hydrogen (secondary N) is 1. The summed E-state index contributed by atoms with van der Waals surface area (Å²) in [6.45, 7) is 0. The highest BCUT2D eigenvalue weighted by molar-refractivity contribution is 7.84. The van der Waals surface area contributed by atoms with Crippen molar-refractivity contribution >= 4 is 27.5 Å². The molecular formula is C17H19N3O2S. The molecular weight excluding hydrogens is 310 g/mol. The molecule has 0 aliphatic heterocycles. The van der Waals surface area contributed by atoms with Crippen molar-refractivity contribution in [2.75, 3.05) is 26.1 Å². The predicted molar refractivity (Wildman–Crippen MR) is 93.5 cm³/mol. The van der Waals surface area contributed by atoms with Crippen molar-refractivity contribution in [3.8, 4) is 5.75 Å². The van der Waals surface area contributed by atoms with Gasteiger partial charge in [-0.1, -0.05) is 18.2 Å². The number of hydrogen-bond acceptors (Lipinski definition) is 4. The fourth-order valence-electron chi connectivity index (χ4n) is 2.48. The topological polar surface area (TPSA) is 58.2 Å². The molecule has 0 aliphatic carbocycles. The number of H-pyrrole nitrogens is 1. The van der Waals surface area contributed by atoms with E-state index in [9.17, 15) is 4.21 Å². The number of aromatic nitrogens is 2. The maximum Gasteiger partial charge on any atom is 0.197 e. The number of hydrogen-bond donors (Lipinski definition) is 1. The second kappa shape index (κ2) is 6.42. The van der Waals surface area contributed by atoms with E-state index in [0.717, 1.165) is 28.0 Å². The number of anilines is 1. The number of aromatic amines is 1. The van der Waals surface area contributed by atoms with E-state index in [1.54, 1.807) is 7.11 Å². The number of para-hydroxylation sites is 1. The van der Waals surface area contributed by atoms with Gasteiger partial charge in [-0.25, -0.2) is 4.98 Å². The molecule has 0 radical (unpaired) electrons. The van der Waals surface area contributed by atoms with E-state index < -0.39 is 10.8 Å². The summed E-state index contributed by atoms with van der Waals surface area (Å²) in [6.07, 6.45) is 0. The third-order valence-corrected chi connectivity index (χ3v) is 4.84. The van der Waals surface area contributed by atoms with Crippen LogP contribution < -0.4 is 9.64 Å². The molecule has 23 heavy (non-hydrogen) atoms. The summed E-state index contributed by atoms with van der Waals surface area (Å²) in [6, 6.07) is 13.5. The van der Waals surface area contributed by atoms with Gasteiger partial charge in [0.25, 0.3) is 0 Å². The maximum absolute atomic E-state index is 12.7. The van der Waals surface area contributed by atoms with E-state index in [-0.39, 0.29) is 0 Å². The van der Waals surface area contributed by atoms with Gasteiger partial charge in [0, 0.05) is 25.8 Å². The van der Waals surface area contributed by atoms with Crippen LogP contribution in [0.5, 0.6) is 5.75 Å². The smallest absolute Gasteiger partial charge is 0.197 e. The molecule has 1 atom stereocenters. The van der Waals surface area contributed by atoms with Crippen LogP contribution in [0.25, 0.3) is 11.0 Å². The van der Waals surface area contributed by atoms with Crippen LogP contribution in [0.4, 0.5) is 5.69 Å². The number of benzene rings is 2. The summed E-state index contributed by atoms with van der Waals surface area (Å²) in [5, 5.41) is 0.488. The summed E-state index contributed by atoms with van der Waals surface area (Å²) >= 11 is 0. The zero-order valence-electron chi connectivity index (χ0n) is 13.4. The van der Waals surface area contributed by atoms with Crippen molar-refractivity contribution < 1.29 is 8.95 Å². The van der Waals surface area contributed by atoms with Gasteiger partial charge < -0.3 is 14.6 Å². The van der Waals surface area contributed by atoms with Gasteiger partial charge in [0.05, 0.1) is 34.7 Å². The Kier molecular flexibility index (Phi) is 4.34. The van der Waals surface area contributed by atoms with Crippen molar-refractivity contribution in [3.63, 3.8) is 0 Å². The lowest BCUT2D eigenvalue weighted by molar-refractivity contribution is 0.415. The molecule has 1 aromatic heterocycles. The van der Waals surface area contributed by atoms with Gasteiger partial charge in [0.1, 0.15) is 5.75 Å². The molecule has 6 heteroatoms. The van der Waals surface area contributed by atoms with Crippen molar-refractivity contribution in [3.05, 3.63) is 48.0 Å². The molecule has 2 aromatic carbocycles. The summed E-state index contributed by atoms with van der Waals surface area (Å²) in [5.74, 6) is 1.17. The van der Waals surface area contributed by atoms with Crippen molar-refractivity contribution in [1.29, 1.82) is 0 Å². The highest BCUT2D eigenvalue weighted by Gasteiger charge is 2.14. The number of fused-ring (bicyclic) bond motifs is 1. The van der Waals surface area contributed by atoms with Crippen molar-refractivity contribution in [1.82, 2.24) is 9.97 Å². The molecule has 0 amide bonds. The number of ether oxygens (including phenoxy) is 1. The maximum atomic E-state index is 12.7. The SMILES string of the molecule is COc1ccc2nc([S@](=O)Cc3ccccc3N(C)C)[nH]c2c1. The molecule has 0 spiro atoms. The Bertz CT molecular complexity index is 858. The third-order valence-electron chi connectivity index (χ3n) is 3.64. The van der Waals surface area contributed by atoms with Crippen LogP contribution in [0, 0.1) is 0 Å². The first kappa shape index (κ1) is 15.6. The van der Waals surface area contributed by atoms with Crippen LogP contribution in [0.15, 0.2) is 47.6 Å². The van der Waals surface area contributed by atoms with Crippen LogP contribution in [-0.2, 0) is 16.6 Å². The van der Waals surface area contributed by atoms with E-state index in [1.165, 1.54) is 0 Å². The number of imidazole rings is 1. The van der Waals surface area contributed by atoms with E-state index in [0.29, 0.717) is 10.9 Å². The number of rotatable bonds is 5. The van der Waals surface area contributed by atoms with E-state index in [4.69, 9.17) is 4.74 Å². The summed E-state index contributed by atoms with van der Waals surface area (Å²) in [7, 11) is 4.35. The molecule has 3 rings (SSSR count). The largest absolute Gasteiger partial charge is 0.497 e. The van der Waals surface area contributed by atoms with Crippen LogP contribution in [0.2, 0.25) is 0 Å². The quantitative estimate of drug-likeness (QED) is 0.782. The Morgan fingerprint density at radius 1 is 1.22 bits per heavy atom. The molecule has 1 N–H and O–H groups in total. The lowest BCUT2D eigenvalue weighted by Crippen LogP contribution is -2.12. The molecule has 0 saturated heterocycles. The molecule has 0 bridgehead atoms. The summed E-state index contributed by atoms with van der Waals surface area (Å²) in [4.78, 5) is 9.59. The van der Waals surface area contributed by atoms with Gasteiger partial charge in [-0.15, -0.1) is 0 Å². The van der Waals surface area contributed by atoms with Crippen LogP contribution in [0.1, 0.15) is 5.56 Å². The average Bonchev–Trinajstić information content (AvgIpc) is 2.98. The van der Waals surface area contributed by atoms with E-state index >= 15 is 0 Å². The highest BCUT2D eigenvalue weighted by atomic mass is 32.2. The second-order valence-corrected chi connectivity index (χ2v) is 6.80. The average molecular weight is 329 g/mol. The monoisotopic (exact) mass is 329 g/mol. The molecule has 120 valence electrons. The van der Waals surface area contributed by atoms with Gasteiger partial charge in [-0.3, -0.25) is 4.21 Å². The summed E-state index contributed by atoms with van der Waals surface area (Å²) < 4.78 is 17.9. The normalized spacial score (nSPS) is 12.3. The fraction of sp³-hybridized carbons (Fsp3) is 0.235. The predicted octanol–water partition coefficient (Wildman–Crippen LogP) is 2.95. The van der Waals surface area contributed by atoms with Crippen LogP contribution in [0.3, 0.4) is 0 Å². The molecule has 0 unspecified atom stereocenters. The first-order chi connectivity index (χ1) is 11.1. The van der Waals surface area contributed by atoms with Gasteiger partial charge in [0.2, 0.25) is 0 Å². The standard InChI is InChI=1S/C17H19N3O2S/c1-20(2)16-7-5-4-6-12(16)11-23(21)17-18-14-9-8-13(22-3)10-15(14)19-17/h4-10H,11H2,1-3H3,(H,18,19)/t23-/m1/s1. The lowest BCUT2D eigenvalue weighted by atomic mass is 10.2. The van der Waals surface area contributed by atoms with Gasteiger partial charge in [-0.2, -0.15) is 0 Å². The van der Waals surface area contributed by atoms with E-state index in [2.05, 4.69) is 9.97 Å². The Hall–Kier alpha value is -2.34. The Morgan fingerprint density at radius 2 is 2.00 bits per heavy atom. The van der Waals surface area contributed by atoms with Crippen LogP contribution in [-0.4, -0.2) is 35.4 Å². The number of nitrogens with zero attached hydrogens (tertiary/aromatic N) is 2. The van der Waals surface area contributed by atoms with E-state index in [1.807, 2.05) is 61.5 Å². The van der Waals surface area contributed by atoms with Crippen molar-refractivity contribution in [2.45, 2.75) is 10.9 Å². The molecule has 0 aliphatic rings. The first-order valence-electron chi connectivity index (χ1n) is 7.26. The van der Waals surface area contributed by atoms with Gasteiger partial charge in [-0.05, 0) is 23.8 Å². The minimum absolute atomic E-state index is 0.422.